The van der Waals surface area contributed by atoms with Gasteiger partial charge in [0.1, 0.15) is 0 Å². The monoisotopic (exact) mass is 536 g/mol. The molecule has 0 saturated heterocycles. The summed E-state index contributed by atoms with van der Waals surface area (Å²) in [5.41, 5.74) is 9.77. The van der Waals surface area contributed by atoms with Gasteiger partial charge in [0.25, 0.3) is 0 Å². The predicted octanol–water partition coefficient (Wildman–Crippen LogP) is -4.22. The number of hydrogen-bond acceptors (Lipinski definition) is 0. The maximum atomic E-state index is 2.55. The molecule has 0 aromatic heterocycles. The molecule has 0 fully saturated rings. The summed E-state index contributed by atoms with van der Waals surface area (Å²) in [4.78, 5) is 0. The summed E-state index contributed by atoms with van der Waals surface area (Å²) in [5.74, 6) is 0. The Labute approximate surface area is 223 Å². The SMILES string of the molecule is Cc1cc([SiH2]C[c-]2c(C)c(C)c(C)c2CC(C)(C)C)cc([Si](C)(C)C)c1.[Cl-].[Cl-].[Cl-].[Ti+4]. The Bertz CT molecular complexity index is 800. The molecule has 0 nitrogen and oxygen atoms in total. The van der Waals surface area contributed by atoms with Gasteiger partial charge in [0.15, 0.2) is 0 Å². The molecule has 0 N–H and O–H groups in total. The van der Waals surface area contributed by atoms with Crippen LogP contribution in [0.2, 0.25) is 19.6 Å². The summed E-state index contributed by atoms with van der Waals surface area (Å²) in [7, 11) is -1.53. The van der Waals surface area contributed by atoms with Gasteiger partial charge in [-0.25, -0.2) is 0 Å². The van der Waals surface area contributed by atoms with Crippen LogP contribution in [-0.4, -0.2) is 17.6 Å². The molecule has 0 amide bonds. The number of benzene rings is 1. The molecule has 2 rings (SSSR count). The molecule has 0 aliphatic rings. The minimum absolute atomic E-state index is 0. The summed E-state index contributed by atoms with van der Waals surface area (Å²) >= 11 is 0. The van der Waals surface area contributed by atoms with Crippen molar-refractivity contribution in [3.63, 3.8) is 0 Å². The first-order valence-corrected chi connectivity index (χ1v) is 15.4. The fraction of sp³-hybridized carbons (Fsp3) is 0.542. The van der Waals surface area contributed by atoms with Crippen molar-refractivity contribution in [2.24, 2.45) is 5.41 Å². The molecule has 0 unspecified atom stereocenters. The van der Waals surface area contributed by atoms with Crippen molar-refractivity contribution < 1.29 is 58.9 Å². The average Bonchev–Trinajstić information content (AvgIpc) is 2.67. The van der Waals surface area contributed by atoms with E-state index in [1.807, 2.05) is 0 Å². The molecule has 0 bridgehead atoms. The normalized spacial score (nSPS) is 11.4. The second-order valence-electron chi connectivity index (χ2n) is 10.5. The number of aryl methyl sites for hydroxylation is 1. The van der Waals surface area contributed by atoms with Gasteiger partial charge in [-0.05, 0) is 18.8 Å². The molecule has 2 aromatic carbocycles. The van der Waals surface area contributed by atoms with Crippen molar-refractivity contribution in [3.05, 3.63) is 51.6 Å². The molecular formula is C24H39Cl3Si2Ti. The van der Waals surface area contributed by atoms with Crippen LogP contribution in [-0.2, 0) is 34.2 Å². The molecular weight excluding hydrogens is 499 g/mol. The van der Waals surface area contributed by atoms with Crippen molar-refractivity contribution in [1.82, 2.24) is 0 Å². The zero-order valence-corrected chi connectivity index (χ0v) is 26.7. The molecule has 0 aliphatic heterocycles. The Balaban J connectivity index is -0.00000182. The van der Waals surface area contributed by atoms with Crippen LogP contribution in [0.25, 0.3) is 0 Å². The Morgan fingerprint density at radius 2 is 1.40 bits per heavy atom. The Morgan fingerprint density at radius 3 is 1.87 bits per heavy atom. The summed E-state index contributed by atoms with van der Waals surface area (Å²) in [6.45, 7) is 23.8. The number of rotatable bonds is 5. The summed E-state index contributed by atoms with van der Waals surface area (Å²) < 4.78 is 0. The van der Waals surface area contributed by atoms with Crippen molar-refractivity contribution in [3.8, 4) is 0 Å². The van der Waals surface area contributed by atoms with Crippen molar-refractivity contribution >= 4 is 28.0 Å². The van der Waals surface area contributed by atoms with Crippen LogP contribution in [0.4, 0.5) is 0 Å². The van der Waals surface area contributed by atoms with Gasteiger partial charge in [0, 0.05) is 9.52 Å². The van der Waals surface area contributed by atoms with Gasteiger partial charge in [0.05, 0.1) is 8.07 Å². The van der Waals surface area contributed by atoms with E-state index in [-0.39, 0.29) is 68.5 Å². The fourth-order valence-electron chi connectivity index (χ4n) is 4.00. The smallest absolute Gasteiger partial charge is 1.00 e. The maximum absolute atomic E-state index is 2.55. The predicted molar refractivity (Wildman–Crippen MR) is 125 cm³/mol. The van der Waals surface area contributed by atoms with Crippen LogP contribution in [0.5, 0.6) is 0 Å². The molecule has 0 heterocycles. The van der Waals surface area contributed by atoms with E-state index in [2.05, 4.69) is 86.3 Å². The molecule has 0 radical (unpaired) electrons. The van der Waals surface area contributed by atoms with Crippen LogP contribution in [0, 0.1) is 33.1 Å². The van der Waals surface area contributed by atoms with Crippen LogP contribution in [0.15, 0.2) is 18.2 Å². The second-order valence-corrected chi connectivity index (χ2v) is 17.4. The van der Waals surface area contributed by atoms with E-state index < -0.39 is 8.07 Å². The largest absolute Gasteiger partial charge is 4.00 e. The summed E-state index contributed by atoms with van der Waals surface area (Å²) in [5, 5.41) is 3.28. The van der Waals surface area contributed by atoms with E-state index in [0.717, 1.165) is 0 Å². The minimum Gasteiger partial charge on any atom is -1.00 e. The third kappa shape index (κ3) is 9.22. The van der Waals surface area contributed by atoms with E-state index in [1.165, 1.54) is 23.6 Å². The summed E-state index contributed by atoms with van der Waals surface area (Å²) in [6.07, 6.45) is 1.20. The zero-order chi connectivity index (χ0) is 19.9. The molecule has 2 aromatic rings. The first-order valence-electron chi connectivity index (χ1n) is 10.1. The molecule has 30 heavy (non-hydrogen) atoms. The maximum Gasteiger partial charge on any atom is 4.00 e. The third-order valence-electron chi connectivity index (χ3n) is 5.77. The third-order valence-corrected chi connectivity index (χ3v) is 9.52. The van der Waals surface area contributed by atoms with Crippen molar-refractivity contribution in [2.75, 3.05) is 0 Å². The van der Waals surface area contributed by atoms with E-state index in [0.29, 0.717) is 5.41 Å². The molecule has 6 heteroatoms. The average molecular weight is 538 g/mol. The zero-order valence-electron chi connectivity index (χ0n) is 20.5. The molecule has 0 spiro atoms. The van der Waals surface area contributed by atoms with E-state index in [4.69, 9.17) is 0 Å². The second kappa shape index (κ2) is 13.3. The van der Waals surface area contributed by atoms with Gasteiger partial charge >= 0.3 is 21.7 Å². The minimum atomic E-state index is -1.24. The van der Waals surface area contributed by atoms with Crippen LogP contribution < -0.4 is 47.6 Å². The Kier molecular flexibility index (Phi) is 15.6. The Morgan fingerprint density at radius 1 is 0.867 bits per heavy atom. The van der Waals surface area contributed by atoms with E-state index in [9.17, 15) is 0 Å². The van der Waals surface area contributed by atoms with Crippen molar-refractivity contribution in [1.29, 1.82) is 0 Å². The first-order chi connectivity index (χ1) is 11.8. The Hall–Kier alpha value is 0.588. The molecule has 0 atom stereocenters. The van der Waals surface area contributed by atoms with Gasteiger partial charge in [-0.15, -0.1) is 0 Å². The van der Waals surface area contributed by atoms with Crippen LogP contribution >= 0.6 is 0 Å². The topological polar surface area (TPSA) is 0 Å². The van der Waals surface area contributed by atoms with Gasteiger partial charge in [-0.3, -0.25) is 0 Å². The number of hydrogen-bond donors (Lipinski definition) is 0. The molecule has 0 aliphatic carbocycles. The van der Waals surface area contributed by atoms with Gasteiger partial charge in [-0.2, -0.15) is 27.8 Å². The fourth-order valence-corrected chi connectivity index (χ4v) is 7.53. The standard InChI is InChI=1S/C24H39Si2.3ClH.Ti/c1-16-11-20(13-21(12-16)26(8,9)10)25-15-23-19(4)17(2)18(3)22(23)14-24(5,6)7;;;;/h11-13H,14-15,25H2,1-10H3;3*1H;/q-1;;;;+4/p-3. The van der Waals surface area contributed by atoms with Crippen LogP contribution in [0.3, 0.4) is 0 Å². The van der Waals surface area contributed by atoms with Gasteiger partial charge < -0.3 is 37.2 Å². The van der Waals surface area contributed by atoms with Crippen molar-refractivity contribution in [2.45, 2.75) is 80.6 Å². The quantitative estimate of drug-likeness (QED) is 0.268. The van der Waals surface area contributed by atoms with E-state index >= 15 is 0 Å². The molecule has 0 saturated carbocycles. The first kappa shape index (κ1) is 35.2. The summed E-state index contributed by atoms with van der Waals surface area (Å²) in [6, 6.07) is 8.74. The van der Waals surface area contributed by atoms with Gasteiger partial charge in [-0.1, -0.05) is 101 Å². The van der Waals surface area contributed by atoms with Gasteiger partial charge in [0.2, 0.25) is 0 Å². The number of halogens is 3. The van der Waals surface area contributed by atoms with E-state index in [1.54, 1.807) is 32.6 Å². The molecule has 168 valence electrons. The van der Waals surface area contributed by atoms with Crippen LogP contribution in [0.1, 0.15) is 54.2 Å².